The van der Waals surface area contributed by atoms with E-state index in [1.807, 2.05) is 12.1 Å². The van der Waals surface area contributed by atoms with Gasteiger partial charge in [0.15, 0.2) is 5.96 Å². The Morgan fingerprint density at radius 2 is 1.95 bits per heavy atom. The van der Waals surface area contributed by atoms with Crippen LogP contribution in [0.1, 0.15) is 31.2 Å². The Hall–Kier alpha value is -1.11. The first kappa shape index (κ1) is 17.2. The number of rotatable bonds is 4. The Balaban J connectivity index is 0.00000176. The smallest absolute Gasteiger partial charge is 0.191 e. The Morgan fingerprint density at radius 3 is 2.55 bits per heavy atom. The Kier molecular flexibility index (Phi) is 5.83. The van der Waals surface area contributed by atoms with E-state index in [1.165, 1.54) is 0 Å². The molecule has 2 aliphatic carbocycles. The summed E-state index contributed by atoms with van der Waals surface area (Å²) in [5, 5.41) is 6.78. The van der Waals surface area contributed by atoms with Crippen molar-refractivity contribution in [2.75, 3.05) is 13.6 Å². The second kappa shape index (κ2) is 7.44. The standard InChI is InChI=1S/C17H22FN3.HI/c1-19-16(21-13-6-2-3-7-13)20-12-17(10-11-17)14-8-4-5-9-15(14)18;/h2-5,8-9,13H,6-7,10-12H2,1H3,(H2,19,20,21);1H. The Bertz CT molecular complexity index is 559. The van der Waals surface area contributed by atoms with Gasteiger partial charge in [-0.3, -0.25) is 4.99 Å². The van der Waals surface area contributed by atoms with E-state index in [2.05, 4.69) is 27.8 Å². The van der Waals surface area contributed by atoms with Gasteiger partial charge < -0.3 is 10.6 Å². The largest absolute Gasteiger partial charge is 0.356 e. The SMILES string of the molecule is CN=C(NCC1(c2ccccc2F)CC1)NC1CC=CC1.I. The average molecular weight is 415 g/mol. The highest BCUT2D eigenvalue weighted by Gasteiger charge is 2.45. The molecule has 0 heterocycles. The van der Waals surface area contributed by atoms with Gasteiger partial charge in [0.25, 0.3) is 0 Å². The van der Waals surface area contributed by atoms with Gasteiger partial charge >= 0.3 is 0 Å². The molecule has 1 aromatic rings. The van der Waals surface area contributed by atoms with Crippen LogP contribution in [-0.2, 0) is 5.41 Å². The molecule has 1 aromatic carbocycles. The zero-order chi connectivity index (χ0) is 14.7. The van der Waals surface area contributed by atoms with Gasteiger partial charge in [0.2, 0.25) is 0 Å². The van der Waals surface area contributed by atoms with Crippen LogP contribution in [0.25, 0.3) is 0 Å². The number of halogens is 2. The molecule has 0 aromatic heterocycles. The van der Waals surface area contributed by atoms with Crippen LogP contribution in [0.3, 0.4) is 0 Å². The molecule has 0 amide bonds. The first-order chi connectivity index (χ1) is 10.2. The summed E-state index contributed by atoms with van der Waals surface area (Å²) in [5.41, 5.74) is 0.771. The van der Waals surface area contributed by atoms with E-state index >= 15 is 0 Å². The van der Waals surface area contributed by atoms with Crippen LogP contribution in [0.2, 0.25) is 0 Å². The summed E-state index contributed by atoms with van der Waals surface area (Å²) in [5.74, 6) is 0.714. The molecular formula is C17H23FIN3. The zero-order valence-electron chi connectivity index (χ0n) is 12.8. The molecule has 2 aliphatic rings. The second-order valence-electron chi connectivity index (χ2n) is 5.97. The summed E-state index contributed by atoms with van der Waals surface area (Å²) in [7, 11) is 1.78. The lowest BCUT2D eigenvalue weighted by atomic mass is 9.95. The van der Waals surface area contributed by atoms with Gasteiger partial charge in [0, 0.05) is 25.0 Å². The van der Waals surface area contributed by atoms with Crippen LogP contribution >= 0.6 is 24.0 Å². The minimum absolute atomic E-state index is 0. The third-order valence-corrected chi connectivity index (χ3v) is 4.47. The molecule has 0 atom stereocenters. The predicted octanol–water partition coefficient (Wildman–Crippen LogP) is 3.36. The van der Waals surface area contributed by atoms with Gasteiger partial charge in [-0.15, -0.1) is 24.0 Å². The highest BCUT2D eigenvalue weighted by atomic mass is 127. The molecule has 22 heavy (non-hydrogen) atoms. The molecule has 2 N–H and O–H groups in total. The van der Waals surface area contributed by atoms with Crippen molar-refractivity contribution in [1.29, 1.82) is 0 Å². The minimum atomic E-state index is -0.0975. The fraction of sp³-hybridized carbons (Fsp3) is 0.471. The van der Waals surface area contributed by atoms with Crippen molar-refractivity contribution >= 4 is 29.9 Å². The topological polar surface area (TPSA) is 36.4 Å². The molecule has 120 valence electrons. The van der Waals surface area contributed by atoms with Crippen molar-refractivity contribution in [3.63, 3.8) is 0 Å². The quantitative estimate of drug-likeness (QED) is 0.343. The number of hydrogen-bond acceptors (Lipinski definition) is 1. The number of guanidine groups is 1. The molecule has 0 bridgehead atoms. The number of aliphatic imine (C=N–C) groups is 1. The summed E-state index contributed by atoms with van der Waals surface area (Å²) in [4.78, 5) is 4.27. The first-order valence-electron chi connectivity index (χ1n) is 7.61. The van der Waals surface area contributed by atoms with Gasteiger partial charge in [-0.25, -0.2) is 4.39 Å². The van der Waals surface area contributed by atoms with Crippen LogP contribution in [-0.4, -0.2) is 25.6 Å². The Morgan fingerprint density at radius 1 is 1.27 bits per heavy atom. The van der Waals surface area contributed by atoms with Gasteiger partial charge in [-0.1, -0.05) is 30.4 Å². The van der Waals surface area contributed by atoms with E-state index in [0.29, 0.717) is 6.04 Å². The van der Waals surface area contributed by atoms with Crippen molar-refractivity contribution in [2.45, 2.75) is 37.1 Å². The van der Waals surface area contributed by atoms with E-state index in [-0.39, 0.29) is 35.2 Å². The van der Waals surface area contributed by atoms with Crippen molar-refractivity contribution < 1.29 is 4.39 Å². The molecule has 0 saturated heterocycles. The maximum Gasteiger partial charge on any atom is 0.191 e. The van der Waals surface area contributed by atoms with Crippen molar-refractivity contribution in [1.82, 2.24) is 10.6 Å². The van der Waals surface area contributed by atoms with E-state index in [4.69, 9.17) is 0 Å². The minimum Gasteiger partial charge on any atom is -0.356 e. The van der Waals surface area contributed by atoms with E-state index in [9.17, 15) is 4.39 Å². The average Bonchev–Trinajstić information content (AvgIpc) is 3.11. The summed E-state index contributed by atoms with van der Waals surface area (Å²) in [6.07, 6.45) is 8.52. The lowest BCUT2D eigenvalue weighted by Crippen LogP contribution is -2.45. The van der Waals surface area contributed by atoms with Crippen molar-refractivity contribution in [3.05, 3.63) is 47.8 Å². The lowest BCUT2D eigenvalue weighted by Gasteiger charge is -2.21. The predicted molar refractivity (Wildman–Crippen MR) is 99.4 cm³/mol. The molecule has 0 unspecified atom stereocenters. The molecule has 1 fully saturated rings. The molecule has 3 nitrogen and oxygen atoms in total. The number of nitrogens with one attached hydrogen (secondary N) is 2. The van der Waals surface area contributed by atoms with Crippen LogP contribution in [0.5, 0.6) is 0 Å². The van der Waals surface area contributed by atoms with Gasteiger partial charge in [0.1, 0.15) is 5.82 Å². The van der Waals surface area contributed by atoms with Gasteiger partial charge in [-0.05, 0) is 37.3 Å². The maximum absolute atomic E-state index is 14.0. The highest BCUT2D eigenvalue weighted by Crippen LogP contribution is 2.48. The number of benzene rings is 1. The third kappa shape index (κ3) is 3.80. The first-order valence-corrected chi connectivity index (χ1v) is 7.61. The number of nitrogens with zero attached hydrogens (tertiary/aromatic N) is 1. The van der Waals surface area contributed by atoms with E-state index < -0.39 is 0 Å². The lowest BCUT2D eigenvalue weighted by molar-refractivity contribution is 0.555. The van der Waals surface area contributed by atoms with Crippen molar-refractivity contribution in [2.24, 2.45) is 4.99 Å². The Labute approximate surface area is 148 Å². The summed E-state index contributed by atoms with van der Waals surface area (Å²) >= 11 is 0. The monoisotopic (exact) mass is 415 g/mol. The molecule has 0 aliphatic heterocycles. The molecule has 0 radical (unpaired) electrons. The van der Waals surface area contributed by atoms with Crippen LogP contribution < -0.4 is 10.6 Å². The normalized spacial score (nSPS) is 19.6. The number of hydrogen-bond donors (Lipinski definition) is 2. The van der Waals surface area contributed by atoms with Gasteiger partial charge in [-0.2, -0.15) is 0 Å². The van der Waals surface area contributed by atoms with E-state index in [1.54, 1.807) is 19.2 Å². The van der Waals surface area contributed by atoms with Crippen LogP contribution in [0, 0.1) is 5.82 Å². The van der Waals surface area contributed by atoms with Crippen LogP contribution in [0.15, 0.2) is 41.4 Å². The summed E-state index contributed by atoms with van der Waals surface area (Å²) in [6.45, 7) is 0.730. The van der Waals surface area contributed by atoms with E-state index in [0.717, 1.165) is 43.8 Å². The summed E-state index contributed by atoms with van der Waals surface area (Å²) < 4.78 is 14.0. The molecule has 1 saturated carbocycles. The van der Waals surface area contributed by atoms with Gasteiger partial charge in [0.05, 0.1) is 0 Å². The summed E-state index contributed by atoms with van der Waals surface area (Å²) in [6, 6.07) is 7.54. The van der Waals surface area contributed by atoms with Crippen LogP contribution in [0.4, 0.5) is 4.39 Å². The molecule has 0 spiro atoms. The zero-order valence-corrected chi connectivity index (χ0v) is 15.1. The second-order valence-corrected chi connectivity index (χ2v) is 5.97. The molecular weight excluding hydrogens is 392 g/mol. The van der Waals surface area contributed by atoms with Crippen molar-refractivity contribution in [3.8, 4) is 0 Å². The fourth-order valence-corrected chi connectivity index (χ4v) is 2.96. The highest BCUT2D eigenvalue weighted by molar-refractivity contribution is 14.0. The molecule has 5 heteroatoms. The molecule has 3 rings (SSSR count). The maximum atomic E-state index is 14.0. The fourth-order valence-electron chi connectivity index (χ4n) is 2.96. The third-order valence-electron chi connectivity index (χ3n) is 4.47.